The van der Waals surface area contributed by atoms with Gasteiger partial charge in [0.1, 0.15) is 5.69 Å². The van der Waals surface area contributed by atoms with Gasteiger partial charge in [-0.05, 0) is 36.4 Å². The largest absolute Gasteiger partial charge is 0.416 e. The molecular weight excluding hydrogens is 480 g/mol. The van der Waals surface area contributed by atoms with Crippen LogP contribution in [-0.4, -0.2) is 26.4 Å². The minimum Gasteiger partial charge on any atom is -0.379 e. The number of hydrogen-bond acceptors (Lipinski definition) is 5. The van der Waals surface area contributed by atoms with E-state index in [9.17, 15) is 31.1 Å². The minimum absolute atomic E-state index is 0.0335. The average Bonchev–Trinajstić information content (AvgIpc) is 3.26. The van der Waals surface area contributed by atoms with Gasteiger partial charge in [0.05, 0.1) is 22.4 Å². The number of carbonyl (C=O) groups is 1. The van der Waals surface area contributed by atoms with Crippen LogP contribution in [0.25, 0.3) is 16.9 Å². The van der Waals surface area contributed by atoms with Crippen molar-refractivity contribution in [3.63, 3.8) is 0 Å². The summed E-state index contributed by atoms with van der Waals surface area (Å²) in [5, 5.41) is 7.57. The normalized spacial score (nSPS) is 12.7. The Morgan fingerprint density at radius 3 is 2.26 bits per heavy atom. The molecular formula is C22H13F6N5O2. The molecule has 0 amide bonds. The number of nitrogens with two attached hydrogens (primary N) is 1. The van der Waals surface area contributed by atoms with E-state index in [0.717, 1.165) is 30.3 Å². The molecule has 0 radical (unpaired) electrons. The van der Waals surface area contributed by atoms with Crippen molar-refractivity contribution >= 4 is 17.5 Å². The maximum atomic E-state index is 13.1. The molecule has 0 aliphatic carbocycles. The van der Waals surface area contributed by atoms with Crippen LogP contribution in [0.4, 0.5) is 26.3 Å². The first kappa shape index (κ1) is 23.7. The van der Waals surface area contributed by atoms with Crippen molar-refractivity contribution in [1.29, 1.82) is 0 Å². The lowest BCUT2D eigenvalue weighted by atomic mass is 10.1. The third-order valence-corrected chi connectivity index (χ3v) is 4.76. The summed E-state index contributed by atoms with van der Waals surface area (Å²) >= 11 is 0. The van der Waals surface area contributed by atoms with Crippen LogP contribution in [0, 0.1) is 0 Å². The molecule has 35 heavy (non-hydrogen) atoms. The molecule has 0 spiro atoms. The summed E-state index contributed by atoms with van der Waals surface area (Å²) in [7, 11) is 0. The van der Waals surface area contributed by atoms with Crippen LogP contribution < -0.4 is 5.73 Å². The maximum Gasteiger partial charge on any atom is 0.416 e. The van der Waals surface area contributed by atoms with E-state index in [1.54, 1.807) is 0 Å². The minimum atomic E-state index is -4.65. The summed E-state index contributed by atoms with van der Waals surface area (Å²) in [6.45, 7) is 0. The number of rotatable bonds is 4. The molecule has 0 bridgehead atoms. The number of aromatic nitrogens is 3. The van der Waals surface area contributed by atoms with Crippen LogP contribution in [0.15, 0.2) is 72.0 Å². The first-order chi connectivity index (χ1) is 16.4. The smallest absolute Gasteiger partial charge is 0.379 e. The van der Waals surface area contributed by atoms with Crippen LogP contribution in [0.2, 0.25) is 0 Å². The lowest BCUT2D eigenvalue weighted by molar-refractivity contribution is -0.138. The van der Waals surface area contributed by atoms with Crippen molar-refractivity contribution in [2.45, 2.75) is 12.4 Å². The molecule has 0 unspecified atom stereocenters. The molecule has 0 aliphatic rings. The Morgan fingerprint density at radius 2 is 1.57 bits per heavy atom. The number of carbonyl (C=O) groups excluding carboxylic acids is 1. The molecule has 2 aromatic heterocycles. The van der Waals surface area contributed by atoms with Gasteiger partial charge in [-0.25, -0.2) is 14.3 Å². The van der Waals surface area contributed by atoms with Crippen molar-refractivity contribution in [2.24, 2.45) is 10.9 Å². The second-order valence-electron chi connectivity index (χ2n) is 7.14. The lowest BCUT2D eigenvalue weighted by Crippen LogP contribution is -2.16. The predicted octanol–water partition coefficient (Wildman–Crippen LogP) is 4.91. The maximum absolute atomic E-state index is 13.1. The van der Waals surface area contributed by atoms with Gasteiger partial charge in [0.25, 0.3) is 0 Å². The van der Waals surface area contributed by atoms with Gasteiger partial charge in [0.2, 0.25) is 0 Å². The molecule has 2 heterocycles. The Labute approximate surface area is 192 Å². The van der Waals surface area contributed by atoms with Crippen molar-refractivity contribution in [1.82, 2.24) is 14.6 Å². The number of halogens is 6. The Balaban J connectivity index is 1.61. The van der Waals surface area contributed by atoms with E-state index in [-0.39, 0.29) is 22.6 Å². The third kappa shape index (κ3) is 5.08. The summed E-state index contributed by atoms with van der Waals surface area (Å²) in [6.07, 6.45) is -7.84. The van der Waals surface area contributed by atoms with Gasteiger partial charge in [-0.1, -0.05) is 23.4 Å². The summed E-state index contributed by atoms with van der Waals surface area (Å²) in [4.78, 5) is 20.8. The van der Waals surface area contributed by atoms with Crippen LogP contribution >= 0.6 is 0 Å². The van der Waals surface area contributed by atoms with Crippen LogP contribution in [-0.2, 0) is 17.2 Å². The Bertz CT molecular complexity index is 1440. The highest BCUT2D eigenvalue weighted by molar-refractivity contribution is 5.97. The van der Waals surface area contributed by atoms with Crippen LogP contribution in [0.3, 0.4) is 0 Å². The fourth-order valence-electron chi connectivity index (χ4n) is 3.11. The second kappa shape index (κ2) is 8.74. The molecule has 0 atom stereocenters. The van der Waals surface area contributed by atoms with Gasteiger partial charge < -0.3 is 10.6 Å². The summed E-state index contributed by atoms with van der Waals surface area (Å²) < 4.78 is 79.0. The van der Waals surface area contributed by atoms with Crippen molar-refractivity contribution in [2.75, 3.05) is 0 Å². The lowest BCUT2D eigenvalue weighted by Gasteiger charge is -2.09. The zero-order valence-electron chi connectivity index (χ0n) is 17.3. The fraction of sp³-hybridized carbons (Fsp3) is 0.0909. The molecule has 4 rings (SSSR count). The molecule has 13 heteroatoms. The molecule has 0 saturated heterocycles. The van der Waals surface area contributed by atoms with Crippen molar-refractivity contribution in [3.05, 3.63) is 89.2 Å². The first-order valence-corrected chi connectivity index (χ1v) is 9.68. The number of benzene rings is 2. The Hall–Kier alpha value is -4.42. The number of alkyl halides is 6. The standard InChI is InChI=1S/C22H13F6N5O2/c23-21(24,25)14-5-1-3-12(9-14)17-7-8-30-18-11-16(31-33(17)18)19(29)32-35-20(34)13-4-2-6-15(10-13)22(26,27)28/h1-11H,(H2,29,32). The van der Waals surface area contributed by atoms with Gasteiger partial charge >= 0.3 is 18.3 Å². The molecule has 0 saturated carbocycles. The molecule has 2 N–H and O–H groups in total. The molecule has 0 fully saturated rings. The monoisotopic (exact) mass is 493 g/mol. The number of nitrogens with zero attached hydrogens (tertiary/aromatic N) is 4. The van der Waals surface area contributed by atoms with Crippen LogP contribution in [0.1, 0.15) is 27.2 Å². The number of fused-ring (bicyclic) bond motifs is 1. The highest BCUT2D eigenvalue weighted by atomic mass is 19.4. The average molecular weight is 493 g/mol. The summed E-state index contributed by atoms with van der Waals surface area (Å²) in [5.41, 5.74) is 4.14. The Kier molecular flexibility index (Phi) is 5.92. The number of amidine groups is 1. The highest BCUT2D eigenvalue weighted by Gasteiger charge is 2.31. The topological polar surface area (TPSA) is 94.9 Å². The predicted molar refractivity (Wildman–Crippen MR) is 111 cm³/mol. The van der Waals surface area contributed by atoms with Gasteiger partial charge in [0.15, 0.2) is 11.5 Å². The molecule has 2 aromatic carbocycles. The molecule has 7 nitrogen and oxygen atoms in total. The first-order valence-electron chi connectivity index (χ1n) is 9.68. The number of oxime groups is 1. The van der Waals surface area contributed by atoms with Gasteiger partial charge in [0, 0.05) is 17.8 Å². The fourth-order valence-corrected chi connectivity index (χ4v) is 3.11. The van der Waals surface area contributed by atoms with Gasteiger partial charge in [-0.2, -0.15) is 31.4 Å². The van der Waals surface area contributed by atoms with E-state index in [1.165, 1.54) is 35.0 Å². The quantitative estimate of drug-likeness (QED) is 0.143. The van der Waals surface area contributed by atoms with E-state index in [2.05, 4.69) is 20.1 Å². The van der Waals surface area contributed by atoms with Crippen molar-refractivity contribution < 1.29 is 36.0 Å². The van der Waals surface area contributed by atoms with E-state index in [1.807, 2.05) is 0 Å². The van der Waals surface area contributed by atoms with Gasteiger partial charge in [-0.15, -0.1) is 0 Å². The molecule has 180 valence electrons. The van der Waals surface area contributed by atoms with E-state index in [0.29, 0.717) is 6.07 Å². The van der Waals surface area contributed by atoms with Gasteiger partial charge in [-0.3, -0.25) is 0 Å². The van der Waals surface area contributed by atoms with Crippen molar-refractivity contribution in [3.8, 4) is 11.3 Å². The molecule has 0 aliphatic heterocycles. The third-order valence-electron chi connectivity index (χ3n) is 4.76. The summed E-state index contributed by atoms with van der Waals surface area (Å²) in [6, 6.07) is 10.9. The SMILES string of the molecule is NC(=NOC(=O)c1cccc(C(F)(F)F)c1)c1cc2nccc(-c3cccc(C(F)(F)F)c3)n2n1. The van der Waals surface area contributed by atoms with E-state index in [4.69, 9.17) is 5.73 Å². The zero-order valence-corrected chi connectivity index (χ0v) is 17.3. The zero-order chi connectivity index (χ0) is 25.4. The van der Waals surface area contributed by atoms with E-state index < -0.39 is 40.8 Å². The van der Waals surface area contributed by atoms with Crippen LogP contribution in [0.5, 0.6) is 0 Å². The molecule has 4 aromatic rings. The highest BCUT2D eigenvalue weighted by Crippen LogP contribution is 2.32. The second-order valence-corrected chi connectivity index (χ2v) is 7.14. The Morgan fingerprint density at radius 1 is 0.914 bits per heavy atom. The van der Waals surface area contributed by atoms with E-state index >= 15 is 0 Å². The summed E-state index contributed by atoms with van der Waals surface area (Å²) in [5.74, 6) is -1.60. The number of hydrogen-bond donors (Lipinski definition) is 1.